The van der Waals surface area contributed by atoms with Gasteiger partial charge in [-0.05, 0) is 12.1 Å². The van der Waals surface area contributed by atoms with Crippen LogP contribution in [-0.4, -0.2) is 73.7 Å². The highest BCUT2D eigenvalue weighted by Crippen LogP contribution is 2.24. The van der Waals surface area contributed by atoms with E-state index in [2.05, 4.69) is 4.90 Å². The zero-order valence-corrected chi connectivity index (χ0v) is 13.5. The van der Waals surface area contributed by atoms with Crippen LogP contribution in [0.2, 0.25) is 0 Å². The number of piperazine rings is 1. The van der Waals surface area contributed by atoms with Crippen molar-refractivity contribution in [3.8, 4) is 0 Å². The first kappa shape index (κ1) is 15.5. The molecule has 7 heteroatoms. The summed E-state index contributed by atoms with van der Waals surface area (Å²) < 4.78 is 26.4. The number of nitrogens with zero attached hydrogens (tertiary/aromatic N) is 3. The molecule has 2 aliphatic heterocycles. The van der Waals surface area contributed by atoms with Gasteiger partial charge in [0, 0.05) is 52.2 Å². The molecular formula is C15H21N3O3S. The van der Waals surface area contributed by atoms with E-state index in [0.29, 0.717) is 18.0 Å². The molecule has 120 valence electrons. The Morgan fingerprint density at radius 3 is 2.18 bits per heavy atom. The summed E-state index contributed by atoms with van der Waals surface area (Å²) in [7, 11) is -3.36. The van der Waals surface area contributed by atoms with Crippen molar-refractivity contribution < 1.29 is 13.2 Å². The number of carbonyl (C=O) groups is 1. The highest BCUT2D eigenvalue weighted by Gasteiger charge is 2.40. The van der Waals surface area contributed by atoms with Crippen LogP contribution in [0.25, 0.3) is 0 Å². The Hall–Kier alpha value is -1.44. The van der Waals surface area contributed by atoms with E-state index in [1.165, 1.54) is 4.31 Å². The molecule has 22 heavy (non-hydrogen) atoms. The molecule has 0 spiro atoms. The molecule has 0 aliphatic carbocycles. The van der Waals surface area contributed by atoms with Gasteiger partial charge in [-0.3, -0.25) is 9.69 Å². The van der Waals surface area contributed by atoms with Gasteiger partial charge in [0.1, 0.15) is 0 Å². The van der Waals surface area contributed by atoms with Crippen molar-refractivity contribution in [1.29, 1.82) is 0 Å². The van der Waals surface area contributed by atoms with E-state index in [9.17, 15) is 13.2 Å². The maximum absolute atomic E-state index is 12.4. The Balaban J connectivity index is 1.56. The van der Waals surface area contributed by atoms with E-state index < -0.39 is 10.0 Å². The number of amides is 1. The second kappa shape index (κ2) is 5.98. The van der Waals surface area contributed by atoms with Gasteiger partial charge < -0.3 is 4.90 Å². The molecule has 2 saturated heterocycles. The first-order valence-corrected chi connectivity index (χ1v) is 8.97. The number of carbonyl (C=O) groups excluding carboxylic acids is 1. The second-order valence-electron chi connectivity index (χ2n) is 5.83. The molecule has 3 rings (SSSR count). The lowest BCUT2D eigenvalue weighted by Crippen LogP contribution is -2.64. The Kier molecular flexibility index (Phi) is 4.20. The van der Waals surface area contributed by atoms with Gasteiger partial charge in [0.05, 0.1) is 4.90 Å². The number of hydrogen-bond donors (Lipinski definition) is 0. The molecule has 0 saturated carbocycles. The lowest BCUT2D eigenvalue weighted by molar-refractivity contribution is -0.131. The smallest absolute Gasteiger partial charge is 0.243 e. The van der Waals surface area contributed by atoms with Crippen molar-refractivity contribution in [3.05, 3.63) is 30.3 Å². The van der Waals surface area contributed by atoms with E-state index in [4.69, 9.17) is 0 Å². The Labute approximate surface area is 131 Å². The van der Waals surface area contributed by atoms with Crippen LogP contribution in [0.3, 0.4) is 0 Å². The average Bonchev–Trinajstić information content (AvgIpc) is 2.47. The van der Waals surface area contributed by atoms with Gasteiger partial charge in [-0.25, -0.2) is 8.42 Å². The fraction of sp³-hybridized carbons (Fsp3) is 0.533. The standard InChI is InChI=1S/C15H21N3O3S/c1-13(19)16-7-9-17(10-8-16)14-11-18(12-14)22(20,21)15-5-3-2-4-6-15/h2-6,14H,7-12H2,1H3. The van der Waals surface area contributed by atoms with Crippen molar-refractivity contribution in [1.82, 2.24) is 14.1 Å². The molecule has 0 N–H and O–H groups in total. The van der Waals surface area contributed by atoms with Crippen LogP contribution < -0.4 is 0 Å². The maximum Gasteiger partial charge on any atom is 0.243 e. The third-order valence-corrected chi connectivity index (χ3v) is 6.33. The Morgan fingerprint density at radius 2 is 1.64 bits per heavy atom. The molecule has 1 aromatic carbocycles. The van der Waals surface area contributed by atoms with Gasteiger partial charge in [-0.1, -0.05) is 18.2 Å². The van der Waals surface area contributed by atoms with Gasteiger partial charge in [-0.15, -0.1) is 0 Å². The van der Waals surface area contributed by atoms with Crippen LogP contribution in [0.1, 0.15) is 6.92 Å². The molecule has 0 unspecified atom stereocenters. The lowest BCUT2D eigenvalue weighted by atomic mass is 10.1. The third-order valence-electron chi connectivity index (χ3n) is 4.49. The average molecular weight is 323 g/mol. The molecular weight excluding hydrogens is 302 g/mol. The van der Waals surface area contributed by atoms with E-state index >= 15 is 0 Å². The summed E-state index contributed by atoms with van der Waals surface area (Å²) in [4.78, 5) is 15.8. The third kappa shape index (κ3) is 2.88. The summed E-state index contributed by atoms with van der Waals surface area (Å²) >= 11 is 0. The summed E-state index contributed by atoms with van der Waals surface area (Å²) in [6, 6.07) is 8.83. The quantitative estimate of drug-likeness (QED) is 0.799. The number of rotatable bonds is 3. The minimum atomic E-state index is -3.36. The predicted octanol–water partition coefficient (Wildman–Crippen LogP) is 0.224. The highest BCUT2D eigenvalue weighted by molar-refractivity contribution is 7.89. The summed E-state index contributed by atoms with van der Waals surface area (Å²) in [6.45, 7) is 5.78. The van der Waals surface area contributed by atoms with Gasteiger partial charge >= 0.3 is 0 Å². The van der Waals surface area contributed by atoms with Gasteiger partial charge in [-0.2, -0.15) is 4.31 Å². The van der Waals surface area contributed by atoms with Crippen LogP contribution in [0.15, 0.2) is 35.2 Å². The van der Waals surface area contributed by atoms with E-state index in [0.717, 1.165) is 26.2 Å². The monoisotopic (exact) mass is 323 g/mol. The van der Waals surface area contributed by atoms with Crippen LogP contribution in [0, 0.1) is 0 Å². The van der Waals surface area contributed by atoms with Crippen LogP contribution in [0.4, 0.5) is 0 Å². The molecule has 2 fully saturated rings. The minimum absolute atomic E-state index is 0.113. The number of hydrogen-bond acceptors (Lipinski definition) is 4. The molecule has 2 aliphatic rings. The molecule has 1 amide bonds. The van der Waals surface area contributed by atoms with Gasteiger partial charge in [0.25, 0.3) is 0 Å². The molecule has 0 aromatic heterocycles. The van der Waals surface area contributed by atoms with Gasteiger partial charge in [0.2, 0.25) is 15.9 Å². The summed E-state index contributed by atoms with van der Waals surface area (Å²) in [5.41, 5.74) is 0. The van der Waals surface area contributed by atoms with Crippen LogP contribution in [0.5, 0.6) is 0 Å². The number of sulfonamides is 1. The van der Waals surface area contributed by atoms with Crippen LogP contribution >= 0.6 is 0 Å². The molecule has 1 aromatic rings. The van der Waals surface area contributed by atoms with Crippen molar-refractivity contribution >= 4 is 15.9 Å². The Morgan fingerprint density at radius 1 is 1.05 bits per heavy atom. The maximum atomic E-state index is 12.4. The van der Waals surface area contributed by atoms with E-state index in [-0.39, 0.29) is 11.9 Å². The minimum Gasteiger partial charge on any atom is -0.340 e. The largest absolute Gasteiger partial charge is 0.340 e. The van der Waals surface area contributed by atoms with Crippen molar-refractivity contribution in [3.63, 3.8) is 0 Å². The summed E-state index contributed by atoms with van der Waals surface area (Å²) in [5, 5.41) is 0. The number of benzene rings is 1. The predicted molar refractivity (Wildman–Crippen MR) is 82.8 cm³/mol. The zero-order valence-electron chi connectivity index (χ0n) is 12.7. The van der Waals surface area contributed by atoms with Crippen molar-refractivity contribution in [2.75, 3.05) is 39.3 Å². The van der Waals surface area contributed by atoms with Crippen LogP contribution in [-0.2, 0) is 14.8 Å². The summed E-state index contributed by atoms with van der Waals surface area (Å²) in [5.74, 6) is 0.113. The SMILES string of the molecule is CC(=O)N1CCN(C2CN(S(=O)(=O)c3ccccc3)C2)CC1. The normalized spacial score (nSPS) is 21.6. The fourth-order valence-electron chi connectivity index (χ4n) is 2.99. The van der Waals surface area contributed by atoms with E-state index in [1.807, 2.05) is 11.0 Å². The molecule has 0 bridgehead atoms. The molecule has 0 radical (unpaired) electrons. The highest BCUT2D eigenvalue weighted by atomic mass is 32.2. The topological polar surface area (TPSA) is 60.9 Å². The Bertz CT molecular complexity index is 633. The molecule has 0 atom stereocenters. The second-order valence-corrected chi connectivity index (χ2v) is 7.77. The molecule has 2 heterocycles. The summed E-state index contributed by atoms with van der Waals surface area (Å²) in [6.07, 6.45) is 0. The fourth-order valence-corrected chi connectivity index (χ4v) is 4.52. The van der Waals surface area contributed by atoms with Gasteiger partial charge in [0.15, 0.2) is 0 Å². The van der Waals surface area contributed by atoms with Crippen molar-refractivity contribution in [2.45, 2.75) is 17.9 Å². The molecule has 6 nitrogen and oxygen atoms in total. The first-order chi connectivity index (χ1) is 10.5. The first-order valence-electron chi connectivity index (χ1n) is 7.53. The zero-order chi connectivity index (χ0) is 15.7. The van der Waals surface area contributed by atoms with E-state index in [1.54, 1.807) is 31.2 Å². The lowest BCUT2D eigenvalue weighted by Gasteiger charge is -2.47. The van der Waals surface area contributed by atoms with Crippen molar-refractivity contribution in [2.24, 2.45) is 0 Å².